The van der Waals surface area contributed by atoms with Crippen LogP contribution in [0.15, 0.2) is 18.2 Å². The summed E-state index contributed by atoms with van der Waals surface area (Å²) in [6.45, 7) is 6.05. The molecule has 1 aromatic carbocycles. The number of benzene rings is 1. The van der Waals surface area contributed by atoms with Crippen LogP contribution in [-0.4, -0.2) is 48.4 Å². The Hall–Kier alpha value is -2.11. The second-order valence-electron chi connectivity index (χ2n) is 8.23. The average Bonchev–Trinajstić information content (AvgIpc) is 3.05. The normalized spacial score (nSPS) is 22.8. The number of carbonyl (C=O) groups excluding carboxylic acids is 2. The molecule has 148 valence electrons. The number of piperidine rings is 1. The quantitative estimate of drug-likeness (QED) is 0.793. The van der Waals surface area contributed by atoms with Crippen molar-refractivity contribution in [2.45, 2.75) is 46.1 Å². The van der Waals surface area contributed by atoms with Gasteiger partial charge in [-0.25, -0.2) is 4.39 Å². The predicted octanol–water partition coefficient (Wildman–Crippen LogP) is 3.22. The lowest BCUT2D eigenvalue weighted by molar-refractivity contribution is -0.147. The van der Waals surface area contributed by atoms with E-state index >= 15 is 0 Å². The maximum absolute atomic E-state index is 14.2. The molecule has 27 heavy (non-hydrogen) atoms. The Bertz CT molecular complexity index is 721. The van der Waals surface area contributed by atoms with Crippen molar-refractivity contribution in [3.63, 3.8) is 0 Å². The number of hydrogen-bond donors (Lipinski definition) is 0. The summed E-state index contributed by atoms with van der Waals surface area (Å²) in [7, 11) is 1.54. The Balaban J connectivity index is 1.72. The van der Waals surface area contributed by atoms with Gasteiger partial charge in [0, 0.05) is 38.2 Å². The zero-order valence-corrected chi connectivity index (χ0v) is 16.5. The molecular formula is C21H29FN2O3. The number of rotatable bonds is 5. The Morgan fingerprint density at radius 2 is 2.07 bits per heavy atom. The minimum Gasteiger partial charge on any atom is -0.497 e. The van der Waals surface area contributed by atoms with Gasteiger partial charge in [0.05, 0.1) is 12.5 Å². The van der Waals surface area contributed by atoms with E-state index in [1.54, 1.807) is 24.1 Å². The van der Waals surface area contributed by atoms with Crippen LogP contribution in [0.4, 0.5) is 4.39 Å². The van der Waals surface area contributed by atoms with E-state index in [2.05, 4.69) is 0 Å². The first-order valence-corrected chi connectivity index (χ1v) is 9.74. The first-order valence-electron chi connectivity index (χ1n) is 9.74. The number of likely N-dealkylation sites (tertiary alicyclic amines) is 2. The highest BCUT2D eigenvalue weighted by molar-refractivity contribution is 5.86. The van der Waals surface area contributed by atoms with Gasteiger partial charge in [-0.05, 0) is 43.4 Å². The summed E-state index contributed by atoms with van der Waals surface area (Å²) in [6, 6.07) is 4.60. The maximum Gasteiger partial charge on any atom is 0.230 e. The van der Waals surface area contributed by atoms with Crippen LogP contribution in [-0.2, 0) is 16.1 Å². The highest BCUT2D eigenvalue weighted by atomic mass is 19.1. The number of halogens is 1. The molecule has 3 rings (SSSR count). The van der Waals surface area contributed by atoms with E-state index in [1.807, 2.05) is 18.7 Å². The Labute approximate surface area is 160 Å². The fraction of sp³-hybridized carbons (Fsp3) is 0.619. The Morgan fingerprint density at radius 3 is 2.78 bits per heavy atom. The lowest BCUT2D eigenvalue weighted by Crippen LogP contribution is -2.50. The molecule has 0 aliphatic carbocycles. The van der Waals surface area contributed by atoms with E-state index in [1.165, 1.54) is 6.07 Å². The zero-order valence-electron chi connectivity index (χ0n) is 16.5. The van der Waals surface area contributed by atoms with Gasteiger partial charge in [0.25, 0.3) is 0 Å². The predicted molar refractivity (Wildman–Crippen MR) is 101 cm³/mol. The average molecular weight is 376 g/mol. The minimum atomic E-state index is -0.500. The minimum absolute atomic E-state index is 0.0517. The van der Waals surface area contributed by atoms with Crippen LogP contribution in [0.5, 0.6) is 5.75 Å². The summed E-state index contributed by atoms with van der Waals surface area (Å²) < 4.78 is 19.4. The number of ether oxygens (including phenoxy) is 1. The summed E-state index contributed by atoms with van der Waals surface area (Å²) in [6.07, 6.45) is 2.90. The Kier molecular flexibility index (Phi) is 5.72. The van der Waals surface area contributed by atoms with Crippen molar-refractivity contribution in [2.24, 2.45) is 11.3 Å². The molecule has 1 unspecified atom stereocenters. The molecule has 2 fully saturated rings. The van der Waals surface area contributed by atoms with E-state index in [4.69, 9.17) is 4.74 Å². The molecule has 2 aliphatic rings. The third kappa shape index (κ3) is 4.09. The molecule has 0 aromatic heterocycles. The molecule has 0 N–H and O–H groups in total. The molecule has 2 amide bonds. The molecule has 0 bridgehead atoms. The van der Waals surface area contributed by atoms with E-state index in [9.17, 15) is 14.0 Å². The fourth-order valence-corrected chi connectivity index (χ4v) is 4.25. The number of nitrogens with zero attached hydrogens (tertiary/aromatic N) is 2. The molecular weight excluding hydrogens is 347 g/mol. The van der Waals surface area contributed by atoms with Gasteiger partial charge in [0.1, 0.15) is 11.6 Å². The fourth-order valence-electron chi connectivity index (χ4n) is 4.25. The largest absolute Gasteiger partial charge is 0.497 e. The van der Waals surface area contributed by atoms with Gasteiger partial charge in [-0.2, -0.15) is 0 Å². The second kappa shape index (κ2) is 7.87. The molecule has 0 radical (unpaired) electrons. The van der Waals surface area contributed by atoms with Crippen molar-refractivity contribution in [1.82, 2.24) is 9.80 Å². The van der Waals surface area contributed by atoms with Crippen LogP contribution in [0.1, 0.15) is 45.1 Å². The van der Waals surface area contributed by atoms with Crippen LogP contribution in [0.2, 0.25) is 0 Å². The standard InChI is InChI=1S/C21H29FN2O3/c1-15(2)11-19(25)24-10-8-21(14-24)7-4-9-23(20(21)26)13-16-12-17(27-3)5-6-18(16)22/h5-6,12,15H,4,7-11,13-14H2,1-3H3. The van der Waals surface area contributed by atoms with Gasteiger partial charge in [0.2, 0.25) is 11.8 Å². The first-order chi connectivity index (χ1) is 12.8. The molecule has 1 aromatic rings. The molecule has 6 heteroatoms. The van der Waals surface area contributed by atoms with Crippen molar-refractivity contribution in [3.05, 3.63) is 29.6 Å². The van der Waals surface area contributed by atoms with Gasteiger partial charge in [-0.1, -0.05) is 13.8 Å². The van der Waals surface area contributed by atoms with E-state index in [0.29, 0.717) is 49.7 Å². The van der Waals surface area contributed by atoms with E-state index in [0.717, 1.165) is 12.8 Å². The lowest BCUT2D eigenvalue weighted by atomic mass is 9.78. The van der Waals surface area contributed by atoms with Crippen LogP contribution in [0, 0.1) is 17.2 Å². The highest BCUT2D eigenvalue weighted by Gasteiger charge is 2.49. The Morgan fingerprint density at radius 1 is 1.30 bits per heavy atom. The number of amides is 2. The molecule has 2 aliphatic heterocycles. The van der Waals surface area contributed by atoms with Gasteiger partial charge in [0.15, 0.2) is 0 Å². The third-order valence-corrected chi connectivity index (χ3v) is 5.73. The highest BCUT2D eigenvalue weighted by Crippen LogP contribution is 2.41. The van der Waals surface area contributed by atoms with Crippen molar-refractivity contribution >= 4 is 11.8 Å². The first kappa shape index (κ1) is 19.6. The molecule has 5 nitrogen and oxygen atoms in total. The van der Waals surface area contributed by atoms with Crippen molar-refractivity contribution in [3.8, 4) is 5.75 Å². The SMILES string of the molecule is COc1ccc(F)c(CN2CCCC3(CCN(C(=O)CC(C)C)C3)C2=O)c1. The second-order valence-corrected chi connectivity index (χ2v) is 8.23. The van der Waals surface area contributed by atoms with E-state index in [-0.39, 0.29) is 24.2 Å². The third-order valence-electron chi connectivity index (χ3n) is 5.73. The summed E-state index contributed by atoms with van der Waals surface area (Å²) >= 11 is 0. The van der Waals surface area contributed by atoms with Crippen LogP contribution in [0.25, 0.3) is 0 Å². The zero-order chi connectivity index (χ0) is 19.6. The van der Waals surface area contributed by atoms with Gasteiger partial charge >= 0.3 is 0 Å². The summed E-state index contributed by atoms with van der Waals surface area (Å²) in [5.74, 6) is 0.741. The number of methoxy groups -OCH3 is 1. The van der Waals surface area contributed by atoms with E-state index < -0.39 is 5.41 Å². The van der Waals surface area contributed by atoms with Crippen molar-refractivity contribution < 1.29 is 18.7 Å². The van der Waals surface area contributed by atoms with Gasteiger partial charge in [-0.15, -0.1) is 0 Å². The molecule has 1 spiro atoms. The van der Waals surface area contributed by atoms with Crippen LogP contribution < -0.4 is 4.74 Å². The maximum atomic E-state index is 14.2. The summed E-state index contributed by atoms with van der Waals surface area (Å²) in [5, 5.41) is 0. The monoisotopic (exact) mass is 376 g/mol. The topological polar surface area (TPSA) is 49.9 Å². The number of hydrogen-bond acceptors (Lipinski definition) is 3. The smallest absolute Gasteiger partial charge is 0.230 e. The molecule has 1 atom stereocenters. The molecule has 2 saturated heterocycles. The molecule has 0 saturated carbocycles. The summed E-state index contributed by atoms with van der Waals surface area (Å²) in [4.78, 5) is 29.2. The van der Waals surface area contributed by atoms with Crippen LogP contribution >= 0.6 is 0 Å². The van der Waals surface area contributed by atoms with Crippen molar-refractivity contribution in [1.29, 1.82) is 0 Å². The number of carbonyl (C=O) groups is 2. The van der Waals surface area contributed by atoms with Gasteiger partial charge < -0.3 is 14.5 Å². The molecule has 2 heterocycles. The van der Waals surface area contributed by atoms with Crippen molar-refractivity contribution in [2.75, 3.05) is 26.7 Å². The van der Waals surface area contributed by atoms with Crippen LogP contribution in [0.3, 0.4) is 0 Å². The van der Waals surface area contributed by atoms with Gasteiger partial charge in [-0.3, -0.25) is 9.59 Å². The summed E-state index contributed by atoms with van der Waals surface area (Å²) in [5.41, 5.74) is -0.0364. The lowest BCUT2D eigenvalue weighted by Gasteiger charge is -2.39.